The van der Waals surface area contributed by atoms with Gasteiger partial charge in [0.15, 0.2) is 0 Å². The molecule has 3 rings (SSSR count). The zero-order valence-corrected chi connectivity index (χ0v) is 10.0. The van der Waals surface area contributed by atoms with Gasteiger partial charge in [-0.05, 0) is 25.1 Å². The van der Waals surface area contributed by atoms with Gasteiger partial charge in [-0.1, -0.05) is 18.2 Å². The van der Waals surface area contributed by atoms with Crippen LogP contribution in [0.5, 0.6) is 0 Å². The first-order chi connectivity index (χ1) is 8.29. The minimum Gasteiger partial charge on any atom is -0.351 e. The van der Waals surface area contributed by atoms with Crippen molar-refractivity contribution >= 4 is 17.1 Å². The zero-order chi connectivity index (χ0) is 11.8. The molecule has 3 heteroatoms. The van der Waals surface area contributed by atoms with Gasteiger partial charge in [0.2, 0.25) is 0 Å². The highest BCUT2D eigenvalue weighted by Gasteiger charge is 2.31. The van der Waals surface area contributed by atoms with Crippen molar-refractivity contribution in [3.63, 3.8) is 0 Å². The van der Waals surface area contributed by atoms with E-state index in [2.05, 4.69) is 59.1 Å². The van der Waals surface area contributed by atoms with E-state index >= 15 is 0 Å². The number of nitrogens with zero attached hydrogens (tertiary/aromatic N) is 3. The Morgan fingerprint density at radius 3 is 2.59 bits per heavy atom. The summed E-state index contributed by atoms with van der Waals surface area (Å²) in [5.74, 6) is 0. The molecule has 1 aromatic heterocycles. The van der Waals surface area contributed by atoms with Crippen LogP contribution in [0.2, 0.25) is 0 Å². The molecule has 0 saturated carbocycles. The molecule has 0 radical (unpaired) electrons. The third kappa shape index (κ3) is 1.46. The molecule has 0 saturated heterocycles. The van der Waals surface area contributed by atoms with Gasteiger partial charge in [0.05, 0.1) is 17.6 Å². The van der Waals surface area contributed by atoms with E-state index in [0.29, 0.717) is 6.17 Å². The Bertz CT molecular complexity index is 524. The highest BCUT2D eigenvalue weighted by molar-refractivity contribution is 5.82. The number of hydrogen-bond donors (Lipinski definition) is 0. The minimum absolute atomic E-state index is 0.316. The van der Waals surface area contributed by atoms with Gasteiger partial charge in [-0.3, -0.25) is 4.98 Å². The molecule has 0 spiro atoms. The fraction of sp³-hybridized carbons (Fsp3) is 0.214. The van der Waals surface area contributed by atoms with Crippen LogP contribution in [0.15, 0.2) is 48.8 Å². The van der Waals surface area contributed by atoms with Crippen molar-refractivity contribution in [2.45, 2.75) is 13.1 Å². The summed E-state index contributed by atoms with van der Waals surface area (Å²) in [6.07, 6.45) is 4.09. The topological polar surface area (TPSA) is 19.4 Å². The van der Waals surface area contributed by atoms with Crippen molar-refractivity contribution in [1.82, 2.24) is 4.98 Å². The molecule has 2 aromatic rings. The molecule has 0 bridgehead atoms. The van der Waals surface area contributed by atoms with E-state index in [0.717, 1.165) is 0 Å². The van der Waals surface area contributed by atoms with Gasteiger partial charge in [0.25, 0.3) is 0 Å². The maximum Gasteiger partial charge on any atom is 0.103 e. The molecular formula is C14H15N3. The van der Waals surface area contributed by atoms with Gasteiger partial charge in [-0.2, -0.15) is 0 Å². The molecule has 3 nitrogen and oxygen atoms in total. The molecule has 1 aliphatic heterocycles. The smallest absolute Gasteiger partial charge is 0.103 e. The van der Waals surface area contributed by atoms with Crippen molar-refractivity contribution in [1.29, 1.82) is 0 Å². The summed E-state index contributed by atoms with van der Waals surface area (Å²) in [6.45, 7) is 2.20. The molecule has 0 amide bonds. The molecular weight excluding hydrogens is 210 g/mol. The van der Waals surface area contributed by atoms with Crippen molar-refractivity contribution in [2.24, 2.45) is 0 Å². The average molecular weight is 225 g/mol. The summed E-state index contributed by atoms with van der Waals surface area (Å²) in [6, 6.07) is 12.5. The van der Waals surface area contributed by atoms with Crippen molar-refractivity contribution in [3.8, 4) is 0 Å². The van der Waals surface area contributed by atoms with E-state index in [1.165, 1.54) is 17.1 Å². The number of para-hydroxylation sites is 1. The van der Waals surface area contributed by atoms with E-state index in [1.807, 2.05) is 18.5 Å². The first kappa shape index (κ1) is 10.1. The number of benzene rings is 1. The van der Waals surface area contributed by atoms with Crippen LogP contribution < -0.4 is 9.80 Å². The monoisotopic (exact) mass is 225 g/mol. The van der Waals surface area contributed by atoms with Crippen LogP contribution in [0.1, 0.15) is 6.92 Å². The summed E-state index contributed by atoms with van der Waals surface area (Å²) in [5, 5.41) is 0. The van der Waals surface area contributed by atoms with Crippen molar-refractivity contribution in [2.75, 3.05) is 16.8 Å². The van der Waals surface area contributed by atoms with Gasteiger partial charge in [0, 0.05) is 18.9 Å². The third-order valence-corrected chi connectivity index (χ3v) is 3.39. The second kappa shape index (κ2) is 3.77. The van der Waals surface area contributed by atoms with Crippen LogP contribution in [-0.2, 0) is 0 Å². The predicted molar refractivity (Wildman–Crippen MR) is 70.7 cm³/mol. The first-order valence-electron chi connectivity index (χ1n) is 5.80. The largest absolute Gasteiger partial charge is 0.351 e. The molecule has 17 heavy (non-hydrogen) atoms. The number of rotatable bonds is 1. The molecule has 86 valence electrons. The van der Waals surface area contributed by atoms with Crippen LogP contribution >= 0.6 is 0 Å². The Kier molecular flexibility index (Phi) is 2.25. The summed E-state index contributed by atoms with van der Waals surface area (Å²) >= 11 is 0. The van der Waals surface area contributed by atoms with Crippen LogP contribution in [0.3, 0.4) is 0 Å². The molecule has 1 aliphatic rings. The van der Waals surface area contributed by atoms with Crippen LogP contribution in [0, 0.1) is 0 Å². The fourth-order valence-corrected chi connectivity index (χ4v) is 2.37. The summed E-state index contributed by atoms with van der Waals surface area (Å²) < 4.78 is 0. The normalized spacial score (nSPS) is 18.4. The minimum atomic E-state index is 0.316. The van der Waals surface area contributed by atoms with E-state index < -0.39 is 0 Å². The Balaban J connectivity index is 2.13. The Morgan fingerprint density at radius 1 is 1.06 bits per heavy atom. The molecule has 0 N–H and O–H groups in total. The lowest BCUT2D eigenvalue weighted by Crippen LogP contribution is -2.35. The summed E-state index contributed by atoms with van der Waals surface area (Å²) in [7, 11) is 2.11. The number of anilines is 3. The lowest BCUT2D eigenvalue weighted by atomic mass is 10.2. The second-order valence-corrected chi connectivity index (χ2v) is 4.31. The Hall–Kier alpha value is -2.03. The first-order valence-corrected chi connectivity index (χ1v) is 5.80. The van der Waals surface area contributed by atoms with Crippen molar-refractivity contribution in [3.05, 3.63) is 48.8 Å². The van der Waals surface area contributed by atoms with E-state index in [9.17, 15) is 0 Å². The Labute approximate surface area is 101 Å². The molecule has 0 aliphatic carbocycles. The lowest BCUT2D eigenvalue weighted by molar-refractivity contribution is 0.734. The highest BCUT2D eigenvalue weighted by Crippen LogP contribution is 2.42. The average Bonchev–Trinajstić information content (AvgIpc) is 2.64. The highest BCUT2D eigenvalue weighted by atomic mass is 15.4. The second-order valence-electron chi connectivity index (χ2n) is 4.31. The van der Waals surface area contributed by atoms with E-state index in [4.69, 9.17) is 0 Å². The van der Waals surface area contributed by atoms with E-state index in [1.54, 1.807) is 0 Å². The number of fused-ring (bicyclic) bond motifs is 1. The fourth-order valence-electron chi connectivity index (χ4n) is 2.37. The third-order valence-electron chi connectivity index (χ3n) is 3.39. The predicted octanol–water partition coefficient (Wildman–Crippen LogP) is 3.02. The summed E-state index contributed by atoms with van der Waals surface area (Å²) in [5.41, 5.74) is 3.63. The van der Waals surface area contributed by atoms with Crippen molar-refractivity contribution < 1.29 is 0 Å². The van der Waals surface area contributed by atoms with Gasteiger partial charge in [0.1, 0.15) is 6.17 Å². The molecule has 1 atom stereocenters. The maximum absolute atomic E-state index is 4.20. The van der Waals surface area contributed by atoms with Crippen LogP contribution in [-0.4, -0.2) is 18.2 Å². The zero-order valence-electron chi connectivity index (χ0n) is 10.0. The van der Waals surface area contributed by atoms with Gasteiger partial charge < -0.3 is 9.80 Å². The van der Waals surface area contributed by atoms with Gasteiger partial charge in [-0.15, -0.1) is 0 Å². The maximum atomic E-state index is 4.20. The van der Waals surface area contributed by atoms with E-state index in [-0.39, 0.29) is 0 Å². The van der Waals surface area contributed by atoms with Crippen LogP contribution in [0.4, 0.5) is 17.1 Å². The van der Waals surface area contributed by atoms with Gasteiger partial charge >= 0.3 is 0 Å². The number of pyridine rings is 1. The number of aromatic nitrogens is 1. The Morgan fingerprint density at radius 2 is 1.82 bits per heavy atom. The molecule has 0 fully saturated rings. The standard InChI is InChI=1S/C14H15N3/c1-11-16(2)14-10-15-9-8-13(14)17(11)12-6-4-3-5-7-12/h3-11H,1-2H3/t11-/m0/s1. The van der Waals surface area contributed by atoms with Gasteiger partial charge in [-0.25, -0.2) is 0 Å². The lowest BCUT2D eigenvalue weighted by Gasteiger charge is -2.27. The molecule has 2 heterocycles. The number of hydrogen-bond acceptors (Lipinski definition) is 3. The molecule has 0 unspecified atom stereocenters. The molecule has 1 aromatic carbocycles. The SMILES string of the molecule is C[C@H]1N(C)c2cnccc2N1c1ccccc1. The van der Waals surface area contributed by atoms with Crippen LogP contribution in [0.25, 0.3) is 0 Å². The quantitative estimate of drug-likeness (QED) is 0.743. The summed E-state index contributed by atoms with van der Waals surface area (Å²) in [4.78, 5) is 8.78.